The average molecular weight is 443 g/mol. The molecule has 164 valence electrons. The first-order valence-electron chi connectivity index (χ1n) is 9.41. The summed E-state index contributed by atoms with van der Waals surface area (Å²) in [4.78, 5) is 36.8. The number of carbonyl (C=O) groups is 2. The predicted molar refractivity (Wildman–Crippen MR) is 106 cm³/mol. The smallest absolute Gasteiger partial charge is 0.272 e. The van der Waals surface area contributed by atoms with Crippen molar-refractivity contribution in [2.75, 3.05) is 11.6 Å². The van der Waals surface area contributed by atoms with Crippen molar-refractivity contribution in [3.63, 3.8) is 0 Å². The molecule has 0 bridgehead atoms. The van der Waals surface area contributed by atoms with Crippen molar-refractivity contribution in [2.24, 2.45) is 0 Å². The summed E-state index contributed by atoms with van der Waals surface area (Å²) in [6.07, 6.45) is 3.62. The summed E-state index contributed by atoms with van der Waals surface area (Å²) in [5.74, 6) is -0.503. The molecule has 0 saturated carbocycles. The van der Waals surface area contributed by atoms with Crippen LogP contribution in [0, 0.1) is 6.92 Å². The molecular weight excluding hydrogens is 427 g/mol. The van der Waals surface area contributed by atoms with Gasteiger partial charge in [-0.15, -0.1) is 5.10 Å². The highest BCUT2D eigenvalue weighted by atomic mass is 19.4. The Morgan fingerprint density at radius 1 is 1.16 bits per heavy atom. The molecule has 0 spiro atoms. The lowest BCUT2D eigenvalue weighted by Gasteiger charge is -2.25. The molecule has 2 amide bonds. The van der Waals surface area contributed by atoms with Gasteiger partial charge in [-0.2, -0.15) is 18.2 Å². The predicted octanol–water partition coefficient (Wildman–Crippen LogP) is 2.71. The Hall–Kier alpha value is -4.09. The Balaban J connectivity index is 1.53. The fourth-order valence-corrected chi connectivity index (χ4v) is 3.18. The van der Waals surface area contributed by atoms with Crippen LogP contribution in [0.25, 0.3) is 17.6 Å². The van der Waals surface area contributed by atoms with Gasteiger partial charge in [-0.25, -0.2) is 19.7 Å². The molecular formula is C20H16F3N7O2. The zero-order chi connectivity index (χ0) is 22.9. The van der Waals surface area contributed by atoms with E-state index in [1.54, 1.807) is 13.0 Å². The van der Waals surface area contributed by atoms with Crippen molar-refractivity contribution in [3.8, 4) is 11.4 Å². The normalized spacial score (nSPS) is 14.6. The largest absolute Gasteiger partial charge is 0.416 e. The molecule has 12 heteroatoms. The van der Waals surface area contributed by atoms with Gasteiger partial charge in [0.2, 0.25) is 5.91 Å². The number of hydrogen-bond acceptors (Lipinski definition) is 6. The number of hydrazine groups is 1. The summed E-state index contributed by atoms with van der Waals surface area (Å²) in [6.45, 7) is 1.72. The van der Waals surface area contributed by atoms with Gasteiger partial charge in [-0.05, 0) is 30.7 Å². The summed E-state index contributed by atoms with van der Waals surface area (Å²) >= 11 is 0. The molecule has 2 aromatic heterocycles. The maximum atomic E-state index is 13.1. The lowest BCUT2D eigenvalue weighted by atomic mass is 10.1. The molecule has 0 unspecified atom stereocenters. The van der Waals surface area contributed by atoms with E-state index in [-0.39, 0.29) is 36.1 Å². The topological polar surface area (TPSA) is 97.1 Å². The van der Waals surface area contributed by atoms with Crippen LogP contribution in [-0.2, 0) is 15.8 Å². The third kappa shape index (κ3) is 4.33. The number of alkyl halides is 3. The summed E-state index contributed by atoms with van der Waals surface area (Å²) in [5.41, 5.74) is -0.174. The number of aryl methyl sites for hydroxylation is 1. The summed E-state index contributed by atoms with van der Waals surface area (Å²) in [5, 5.41) is 6.48. The molecule has 4 rings (SSSR count). The van der Waals surface area contributed by atoms with E-state index >= 15 is 0 Å². The highest BCUT2D eigenvalue weighted by Gasteiger charge is 2.34. The van der Waals surface area contributed by atoms with Crippen molar-refractivity contribution in [3.05, 3.63) is 60.3 Å². The summed E-state index contributed by atoms with van der Waals surface area (Å²) in [7, 11) is 0. The zero-order valence-corrected chi connectivity index (χ0v) is 16.7. The summed E-state index contributed by atoms with van der Waals surface area (Å²) in [6, 6.07) is 3.55. The number of anilines is 1. The van der Waals surface area contributed by atoms with Crippen molar-refractivity contribution in [2.45, 2.75) is 19.5 Å². The number of halogens is 3. The Labute approximate surface area is 179 Å². The Kier molecular flexibility index (Phi) is 5.43. The third-order valence-electron chi connectivity index (χ3n) is 4.58. The molecule has 1 aromatic carbocycles. The zero-order valence-electron chi connectivity index (χ0n) is 16.7. The van der Waals surface area contributed by atoms with Gasteiger partial charge in [-0.3, -0.25) is 14.6 Å². The van der Waals surface area contributed by atoms with E-state index in [4.69, 9.17) is 0 Å². The molecule has 0 atom stereocenters. The SMILES string of the molecule is Cc1cc(-c2ncn(/C=C\C(=O)N3CCC(=O)N3c3cnccn3)n2)cc(C(F)(F)F)c1. The molecule has 0 aliphatic carbocycles. The maximum Gasteiger partial charge on any atom is 0.416 e. The highest BCUT2D eigenvalue weighted by Crippen LogP contribution is 2.32. The minimum Gasteiger partial charge on any atom is -0.272 e. The van der Waals surface area contributed by atoms with E-state index in [1.165, 1.54) is 46.9 Å². The molecule has 1 aliphatic heterocycles. The number of nitrogens with zero attached hydrogens (tertiary/aromatic N) is 7. The van der Waals surface area contributed by atoms with E-state index in [0.29, 0.717) is 5.56 Å². The molecule has 9 nitrogen and oxygen atoms in total. The number of benzene rings is 1. The van der Waals surface area contributed by atoms with E-state index in [0.717, 1.165) is 17.1 Å². The Morgan fingerprint density at radius 3 is 2.69 bits per heavy atom. The van der Waals surface area contributed by atoms with Crippen LogP contribution >= 0.6 is 0 Å². The molecule has 0 radical (unpaired) electrons. The van der Waals surface area contributed by atoms with Gasteiger partial charge in [0.1, 0.15) is 6.33 Å². The maximum absolute atomic E-state index is 13.1. The van der Waals surface area contributed by atoms with E-state index in [9.17, 15) is 22.8 Å². The molecule has 0 N–H and O–H groups in total. The fraction of sp³-hybridized carbons (Fsp3) is 0.200. The summed E-state index contributed by atoms with van der Waals surface area (Å²) < 4.78 is 40.4. The lowest BCUT2D eigenvalue weighted by Crippen LogP contribution is -2.43. The van der Waals surface area contributed by atoms with Crippen LogP contribution in [0.5, 0.6) is 0 Å². The molecule has 3 heterocycles. The second kappa shape index (κ2) is 8.21. The van der Waals surface area contributed by atoms with Crippen molar-refractivity contribution >= 4 is 23.8 Å². The van der Waals surface area contributed by atoms with Crippen LogP contribution in [0.15, 0.2) is 49.2 Å². The average Bonchev–Trinajstić information content (AvgIpc) is 3.38. The molecule has 1 fully saturated rings. The minimum absolute atomic E-state index is 0.0776. The van der Waals surface area contributed by atoms with E-state index in [1.807, 2.05) is 0 Å². The molecule has 32 heavy (non-hydrogen) atoms. The number of hydrogen-bond donors (Lipinski definition) is 0. The fourth-order valence-electron chi connectivity index (χ4n) is 3.18. The van der Waals surface area contributed by atoms with Crippen LogP contribution < -0.4 is 5.01 Å². The van der Waals surface area contributed by atoms with Crippen molar-refractivity contribution in [1.29, 1.82) is 0 Å². The van der Waals surface area contributed by atoms with Crippen LogP contribution in [0.1, 0.15) is 17.5 Å². The van der Waals surface area contributed by atoms with Gasteiger partial charge in [-0.1, -0.05) is 0 Å². The van der Waals surface area contributed by atoms with Gasteiger partial charge in [0.15, 0.2) is 11.6 Å². The van der Waals surface area contributed by atoms with Gasteiger partial charge < -0.3 is 0 Å². The first-order chi connectivity index (χ1) is 15.2. The second-order valence-electron chi connectivity index (χ2n) is 6.93. The second-order valence-corrected chi connectivity index (χ2v) is 6.93. The molecule has 3 aromatic rings. The van der Waals surface area contributed by atoms with E-state index in [2.05, 4.69) is 20.1 Å². The first kappa shape index (κ1) is 21.2. The third-order valence-corrected chi connectivity index (χ3v) is 4.58. The highest BCUT2D eigenvalue weighted by molar-refractivity contribution is 6.01. The van der Waals surface area contributed by atoms with Crippen molar-refractivity contribution in [1.82, 2.24) is 29.7 Å². The number of carbonyl (C=O) groups excluding carboxylic acids is 2. The van der Waals surface area contributed by atoms with Crippen molar-refractivity contribution < 1.29 is 22.8 Å². The van der Waals surface area contributed by atoms with Crippen LogP contribution in [-0.4, -0.2) is 48.1 Å². The lowest BCUT2D eigenvalue weighted by molar-refractivity contribution is -0.137. The van der Waals surface area contributed by atoms with Gasteiger partial charge in [0.05, 0.1) is 18.3 Å². The monoisotopic (exact) mass is 443 g/mol. The molecule has 1 saturated heterocycles. The van der Waals surface area contributed by atoms with Crippen LogP contribution in [0.4, 0.5) is 19.0 Å². The Morgan fingerprint density at radius 2 is 1.97 bits per heavy atom. The number of rotatable bonds is 4. The van der Waals surface area contributed by atoms with E-state index < -0.39 is 17.6 Å². The van der Waals surface area contributed by atoms with Crippen LogP contribution in [0.3, 0.4) is 0 Å². The first-order valence-corrected chi connectivity index (χ1v) is 9.41. The van der Waals surface area contributed by atoms with Gasteiger partial charge >= 0.3 is 6.18 Å². The quantitative estimate of drug-likeness (QED) is 0.576. The van der Waals surface area contributed by atoms with Crippen LogP contribution in [0.2, 0.25) is 0 Å². The number of amides is 2. The Bertz CT molecular complexity index is 1190. The number of aromatic nitrogens is 5. The molecule has 1 aliphatic rings. The standard InChI is InChI=1S/C20H16F3N7O2/c1-13-8-14(10-15(9-13)20(21,22)23)19-26-12-28(27-19)6-2-17(31)29-7-3-18(32)30(29)16-11-24-4-5-25-16/h2,4-6,8-12H,3,7H2,1H3/b6-2-. The van der Waals surface area contributed by atoms with Gasteiger partial charge in [0, 0.05) is 36.7 Å². The minimum atomic E-state index is -4.49. The van der Waals surface area contributed by atoms with Gasteiger partial charge in [0.25, 0.3) is 5.91 Å².